The van der Waals surface area contributed by atoms with Gasteiger partial charge in [0.05, 0.1) is 56.2 Å². The van der Waals surface area contributed by atoms with Crippen molar-refractivity contribution in [2.24, 2.45) is 0 Å². The van der Waals surface area contributed by atoms with Gasteiger partial charge in [0.25, 0.3) is 0 Å². The molecule has 0 saturated heterocycles. The quantitative estimate of drug-likeness (QED) is 0.702. The van der Waals surface area contributed by atoms with E-state index in [1.807, 2.05) is 6.07 Å². The summed E-state index contributed by atoms with van der Waals surface area (Å²) >= 11 is 0. The number of ether oxygens (including phenoxy) is 4. The fraction of sp³-hybridized carbons (Fsp3) is 0.316. The van der Waals surface area contributed by atoms with Crippen molar-refractivity contribution in [2.45, 2.75) is 5.75 Å². The van der Waals surface area contributed by atoms with Gasteiger partial charge in [-0.1, -0.05) is 0 Å². The minimum absolute atomic E-state index is 0.322. The summed E-state index contributed by atoms with van der Waals surface area (Å²) in [5, 5.41) is 4.62. The smallest absolute Gasteiger partial charge is 0.237 e. The molecule has 1 N–H and O–H groups in total. The number of nitrogens with zero attached hydrogens (tertiary/aromatic N) is 1. The third-order valence-corrected chi connectivity index (χ3v) is 4.88. The molecule has 0 saturated carbocycles. The van der Waals surface area contributed by atoms with Gasteiger partial charge in [0.1, 0.15) is 17.2 Å². The van der Waals surface area contributed by atoms with Crippen LogP contribution in [0.2, 0.25) is 0 Å². The molecule has 0 radical (unpaired) electrons. The molecule has 1 unspecified atom stereocenters. The number of anilines is 1. The molecule has 0 amide bonds. The van der Waals surface area contributed by atoms with Crippen LogP contribution in [0.15, 0.2) is 29.8 Å². The first-order chi connectivity index (χ1) is 13.1. The van der Waals surface area contributed by atoms with Crippen molar-refractivity contribution in [1.29, 1.82) is 0 Å². The van der Waals surface area contributed by atoms with Gasteiger partial charge in [-0.15, -0.1) is 0 Å². The molecule has 1 atom stereocenters. The van der Waals surface area contributed by atoms with Gasteiger partial charge < -0.3 is 24.3 Å². The molecule has 0 bridgehead atoms. The molecule has 2 rings (SSSR count). The molecule has 8 heteroatoms. The first kappa shape index (κ1) is 20.6. The van der Waals surface area contributed by atoms with E-state index in [-0.39, 0.29) is 0 Å². The second-order valence-electron chi connectivity index (χ2n) is 5.42. The summed E-state index contributed by atoms with van der Waals surface area (Å²) in [5.74, 6) is 2.58. The first-order valence-corrected chi connectivity index (χ1v) is 9.50. The van der Waals surface area contributed by atoms with Crippen molar-refractivity contribution in [3.8, 4) is 23.1 Å². The van der Waals surface area contributed by atoms with Gasteiger partial charge in [-0.05, 0) is 17.7 Å². The summed E-state index contributed by atoms with van der Waals surface area (Å²) in [7, 11) is 6.78. The van der Waals surface area contributed by atoms with Crippen molar-refractivity contribution in [3.05, 3.63) is 40.9 Å². The lowest BCUT2D eigenvalue weighted by Gasteiger charge is -2.12. The number of hydrogen-bond donors (Lipinski definition) is 1. The standard InChI is InChI=1S/C19H24N2O5S/c1-20-16-8-13(11-21-19(16)26-5)12-27(22)7-6-15-17(24-3)9-14(23-2)10-18(15)25-4/h6-11,20H,12H2,1-5H3/b7-6+. The summed E-state index contributed by atoms with van der Waals surface area (Å²) in [4.78, 5) is 4.22. The van der Waals surface area contributed by atoms with Gasteiger partial charge in [-0.25, -0.2) is 4.98 Å². The Kier molecular flexibility index (Phi) is 7.48. The number of pyridine rings is 1. The summed E-state index contributed by atoms with van der Waals surface area (Å²) < 4.78 is 33.7. The number of rotatable bonds is 9. The predicted molar refractivity (Wildman–Crippen MR) is 107 cm³/mol. The zero-order valence-electron chi connectivity index (χ0n) is 16.1. The van der Waals surface area contributed by atoms with Crippen LogP contribution >= 0.6 is 0 Å². The Morgan fingerprint density at radius 2 is 1.70 bits per heavy atom. The van der Waals surface area contributed by atoms with Gasteiger partial charge in [0.15, 0.2) is 0 Å². The van der Waals surface area contributed by atoms with E-state index in [1.54, 1.807) is 65.3 Å². The lowest BCUT2D eigenvalue weighted by molar-refractivity contribution is 0.374. The molecule has 1 aromatic carbocycles. The average molecular weight is 392 g/mol. The molecule has 0 spiro atoms. The predicted octanol–water partition coefficient (Wildman–Crippen LogP) is 3.08. The van der Waals surface area contributed by atoms with Crippen LogP contribution in [-0.2, 0) is 16.6 Å². The number of hydrogen-bond acceptors (Lipinski definition) is 7. The van der Waals surface area contributed by atoms with Crippen LogP contribution in [0.4, 0.5) is 5.69 Å². The molecule has 27 heavy (non-hydrogen) atoms. The average Bonchev–Trinajstić information content (AvgIpc) is 2.71. The van der Waals surface area contributed by atoms with E-state index < -0.39 is 10.8 Å². The number of methoxy groups -OCH3 is 4. The zero-order valence-corrected chi connectivity index (χ0v) is 16.9. The normalized spacial score (nSPS) is 11.9. The second-order valence-corrected chi connectivity index (χ2v) is 6.75. The Balaban J connectivity index is 2.22. The van der Waals surface area contributed by atoms with Crippen molar-refractivity contribution in [3.63, 3.8) is 0 Å². The van der Waals surface area contributed by atoms with E-state index in [0.29, 0.717) is 34.4 Å². The Morgan fingerprint density at radius 3 is 2.22 bits per heavy atom. The summed E-state index contributed by atoms with van der Waals surface area (Å²) in [6.07, 6.45) is 3.38. The van der Waals surface area contributed by atoms with Gasteiger partial charge in [0, 0.05) is 30.8 Å². The van der Waals surface area contributed by atoms with E-state index in [2.05, 4.69) is 10.3 Å². The number of benzene rings is 1. The highest BCUT2D eigenvalue weighted by Crippen LogP contribution is 2.35. The molecule has 2 aromatic rings. The van der Waals surface area contributed by atoms with Crippen LogP contribution in [0.3, 0.4) is 0 Å². The second kappa shape index (κ2) is 9.82. The van der Waals surface area contributed by atoms with Gasteiger partial charge >= 0.3 is 0 Å². The molecule has 1 aromatic heterocycles. The van der Waals surface area contributed by atoms with Crippen molar-refractivity contribution in [2.75, 3.05) is 40.8 Å². The summed E-state index contributed by atoms with van der Waals surface area (Å²) in [5.41, 5.74) is 2.27. The minimum Gasteiger partial charge on any atom is -0.496 e. The van der Waals surface area contributed by atoms with Crippen LogP contribution in [0, 0.1) is 0 Å². The fourth-order valence-electron chi connectivity index (χ4n) is 2.47. The topological polar surface area (TPSA) is 78.9 Å². The lowest BCUT2D eigenvalue weighted by atomic mass is 10.1. The van der Waals surface area contributed by atoms with Crippen LogP contribution in [0.1, 0.15) is 11.1 Å². The minimum atomic E-state index is -1.25. The molecule has 0 fully saturated rings. The molecule has 0 aliphatic heterocycles. The Morgan fingerprint density at radius 1 is 1.04 bits per heavy atom. The molecule has 146 valence electrons. The highest BCUT2D eigenvalue weighted by atomic mass is 32.2. The van der Waals surface area contributed by atoms with E-state index in [0.717, 1.165) is 11.3 Å². The maximum absolute atomic E-state index is 12.5. The van der Waals surface area contributed by atoms with Crippen LogP contribution < -0.4 is 24.3 Å². The van der Waals surface area contributed by atoms with E-state index in [9.17, 15) is 4.21 Å². The molecule has 1 heterocycles. The first-order valence-electron chi connectivity index (χ1n) is 8.12. The zero-order chi connectivity index (χ0) is 19.8. The maximum atomic E-state index is 12.5. The maximum Gasteiger partial charge on any atom is 0.237 e. The van der Waals surface area contributed by atoms with Gasteiger partial charge in [-0.2, -0.15) is 0 Å². The molecule has 0 aliphatic rings. The van der Waals surface area contributed by atoms with E-state index >= 15 is 0 Å². The molecule has 0 aliphatic carbocycles. The SMILES string of the molecule is CNc1cc(CS(=O)/C=C/c2c(OC)cc(OC)cc2OC)cnc1OC. The van der Waals surface area contributed by atoms with Gasteiger partial charge in [-0.3, -0.25) is 4.21 Å². The van der Waals surface area contributed by atoms with Crippen LogP contribution in [-0.4, -0.2) is 44.7 Å². The van der Waals surface area contributed by atoms with Crippen LogP contribution in [0.25, 0.3) is 6.08 Å². The highest BCUT2D eigenvalue weighted by Gasteiger charge is 2.12. The molecule has 7 nitrogen and oxygen atoms in total. The van der Waals surface area contributed by atoms with E-state index in [1.165, 1.54) is 0 Å². The fourth-order valence-corrected chi connectivity index (χ4v) is 3.34. The highest BCUT2D eigenvalue weighted by molar-refractivity contribution is 7.87. The van der Waals surface area contributed by atoms with Crippen LogP contribution in [0.5, 0.6) is 23.1 Å². The van der Waals surface area contributed by atoms with Crippen molar-refractivity contribution < 1.29 is 23.2 Å². The summed E-state index contributed by atoms with van der Waals surface area (Å²) in [6, 6.07) is 5.36. The third kappa shape index (κ3) is 5.13. The Bertz CT molecular complexity index is 814. The summed E-state index contributed by atoms with van der Waals surface area (Å²) in [6.45, 7) is 0. The number of aromatic nitrogens is 1. The molecular formula is C19H24N2O5S. The number of nitrogens with one attached hydrogen (secondary N) is 1. The van der Waals surface area contributed by atoms with Crippen molar-refractivity contribution >= 4 is 22.6 Å². The largest absolute Gasteiger partial charge is 0.496 e. The Hall–Kier alpha value is -2.74. The Labute approximate surface area is 161 Å². The van der Waals surface area contributed by atoms with E-state index in [4.69, 9.17) is 18.9 Å². The lowest BCUT2D eigenvalue weighted by Crippen LogP contribution is -2.00. The van der Waals surface area contributed by atoms with Gasteiger partial charge in [0.2, 0.25) is 5.88 Å². The monoisotopic (exact) mass is 392 g/mol. The molecular weight excluding hydrogens is 368 g/mol. The van der Waals surface area contributed by atoms with Crippen molar-refractivity contribution in [1.82, 2.24) is 4.98 Å². The third-order valence-electron chi connectivity index (χ3n) is 3.82.